The average molecular weight is 193 g/mol. The van der Waals surface area contributed by atoms with Crippen LogP contribution in [0.3, 0.4) is 0 Å². The third-order valence-corrected chi connectivity index (χ3v) is 3.34. The third-order valence-electron chi connectivity index (χ3n) is 3.34. The summed E-state index contributed by atoms with van der Waals surface area (Å²) in [6, 6.07) is 2.11. The zero-order valence-corrected chi connectivity index (χ0v) is 9.41. The van der Waals surface area contributed by atoms with Gasteiger partial charge in [-0.3, -0.25) is 4.68 Å². The molecule has 78 valence electrons. The molecule has 1 aliphatic rings. The molecule has 2 rings (SSSR count). The fraction of sp³-hybridized carbons (Fsp3) is 0.727. The van der Waals surface area contributed by atoms with Crippen molar-refractivity contribution in [3.8, 4) is 0 Å². The summed E-state index contributed by atoms with van der Waals surface area (Å²) in [5.41, 5.74) is 8.51. The van der Waals surface area contributed by atoms with Crippen molar-refractivity contribution in [3.05, 3.63) is 17.5 Å². The molecular formula is C11H19N3. The highest BCUT2D eigenvalue weighted by molar-refractivity contribution is 5.28. The fourth-order valence-electron chi connectivity index (χ4n) is 2.48. The Kier molecular flexibility index (Phi) is 1.96. The largest absolute Gasteiger partial charge is 0.320 e. The Balaban J connectivity index is 2.29. The minimum absolute atomic E-state index is 0.107. The van der Waals surface area contributed by atoms with Crippen LogP contribution in [-0.2, 0) is 12.6 Å². The minimum Gasteiger partial charge on any atom is -0.320 e. The Morgan fingerprint density at radius 2 is 2.29 bits per heavy atom. The third kappa shape index (κ3) is 1.27. The molecule has 1 heterocycles. The van der Waals surface area contributed by atoms with E-state index in [9.17, 15) is 0 Å². The summed E-state index contributed by atoms with van der Waals surface area (Å²) in [5.74, 6) is 1.28. The second-order valence-corrected chi connectivity index (χ2v) is 4.89. The molecule has 0 amide bonds. The summed E-state index contributed by atoms with van der Waals surface area (Å²) in [4.78, 5) is 0. The van der Waals surface area contributed by atoms with Crippen LogP contribution in [-0.4, -0.2) is 9.78 Å². The molecule has 3 heteroatoms. The van der Waals surface area contributed by atoms with E-state index in [4.69, 9.17) is 5.73 Å². The van der Waals surface area contributed by atoms with Crippen LogP contribution < -0.4 is 5.73 Å². The zero-order valence-electron chi connectivity index (χ0n) is 9.41. The summed E-state index contributed by atoms with van der Waals surface area (Å²) < 4.78 is 1.93. The van der Waals surface area contributed by atoms with Crippen molar-refractivity contribution in [3.63, 3.8) is 0 Å². The van der Waals surface area contributed by atoms with E-state index >= 15 is 0 Å². The first-order valence-electron chi connectivity index (χ1n) is 5.25. The summed E-state index contributed by atoms with van der Waals surface area (Å²) in [6.07, 6.45) is 1.10. The highest BCUT2D eigenvalue weighted by Crippen LogP contribution is 2.53. The predicted molar refractivity (Wildman–Crippen MR) is 56.8 cm³/mol. The summed E-state index contributed by atoms with van der Waals surface area (Å²) in [5, 5.41) is 4.35. The first-order chi connectivity index (χ1) is 6.45. The Bertz CT molecular complexity index is 353. The maximum Gasteiger partial charge on any atom is 0.0616 e. The molecular weight excluding hydrogens is 174 g/mol. The van der Waals surface area contributed by atoms with Crippen LogP contribution in [0, 0.1) is 18.8 Å². The maximum atomic E-state index is 6.37. The molecule has 0 radical (unpaired) electrons. The highest BCUT2D eigenvalue weighted by Gasteiger charge is 2.55. The van der Waals surface area contributed by atoms with Crippen LogP contribution in [0.2, 0.25) is 0 Å². The lowest BCUT2D eigenvalue weighted by Gasteiger charge is -2.13. The summed E-state index contributed by atoms with van der Waals surface area (Å²) in [7, 11) is 1.98. The average Bonchev–Trinajstić information content (AvgIpc) is 2.64. The standard InChI is InChI=1S/C11H19N3/c1-7(2)9-6-11(9,12)10-5-8(3)13-14(10)4/h5,7,9H,6,12H2,1-4H3. The van der Waals surface area contributed by atoms with Gasteiger partial charge in [0.05, 0.1) is 16.9 Å². The molecule has 0 spiro atoms. The lowest BCUT2D eigenvalue weighted by molar-refractivity contribution is 0.468. The molecule has 2 N–H and O–H groups in total. The van der Waals surface area contributed by atoms with Crippen molar-refractivity contribution in [2.24, 2.45) is 24.6 Å². The predicted octanol–water partition coefficient (Wildman–Crippen LogP) is 1.56. The number of nitrogens with zero attached hydrogens (tertiary/aromatic N) is 2. The smallest absolute Gasteiger partial charge is 0.0616 e. The van der Waals surface area contributed by atoms with Gasteiger partial charge in [0, 0.05) is 7.05 Å². The molecule has 0 bridgehead atoms. The normalized spacial score (nSPS) is 31.1. The van der Waals surface area contributed by atoms with Crippen LogP contribution in [0.25, 0.3) is 0 Å². The van der Waals surface area contributed by atoms with E-state index in [1.165, 1.54) is 5.69 Å². The first-order valence-corrected chi connectivity index (χ1v) is 5.25. The molecule has 1 saturated carbocycles. The fourth-order valence-corrected chi connectivity index (χ4v) is 2.48. The molecule has 0 saturated heterocycles. The zero-order chi connectivity index (χ0) is 10.5. The van der Waals surface area contributed by atoms with Gasteiger partial charge < -0.3 is 5.73 Å². The number of rotatable bonds is 2. The minimum atomic E-state index is -0.107. The van der Waals surface area contributed by atoms with E-state index in [0.29, 0.717) is 11.8 Å². The van der Waals surface area contributed by atoms with Crippen molar-refractivity contribution in [1.82, 2.24) is 9.78 Å². The van der Waals surface area contributed by atoms with E-state index in [-0.39, 0.29) is 5.54 Å². The highest BCUT2D eigenvalue weighted by atomic mass is 15.3. The number of aryl methyl sites for hydroxylation is 2. The van der Waals surface area contributed by atoms with Crippen LogP contribution >= 0.6 is 0 Å². The molecule has 14 heavy (non-hydrogen) atoms. The number of aromatic nitrogens is 2. The monoisotopic (exact) mass is 193 g/mol. The van der Waals surface area contributed by atoms with Crippen molar-refractivity contribution >= 4 is 0 Å². The maximum absolute atomic E-state index is 6.37. The molecule has 0 aromatic carbocycles. The molecule has 1 fully saturated rings. The van der Waals surface area contributed by atoms with Gasteiger partial charge in [0.1, 0.15) is 0 Å². The van der Waals surface area contributed by atoms with Crippen LogP contribution in [0.4, 0.5) is 0 Å². The van der Waals surface area contributed by atoms with E-state index in [2.05, 4.69) is 25.0 Å². The quantitative estimate of drug-likeness (QED) is 0.774. The second-order valence-electron chi connectivity index (χ2n) is 4.89. The number of nitrogens with two attached hydrogens (primary N) is 1. The first kappa shape index (κ1) is 9.71. The van der Waals surface area contributed by atoms with Gasteiger partial charge in [0.25, 0.3) is 0 Å². The Morgan fingerprint density at radius 3 is 2.64 bits per heavy atom. The van der Waals surface area contributed by atoms with Crippen LogP contribution in [0.1, 0.15) is 31.7 Å². The van der Waals surface area contributed by atoms with Gasteiger partial charge in [0.2, 0.25) is 0 Å². The molecule has 1 aromatic rings. The van der Waals surface area contributed by atoms with Gasteiger partial charge >= 0.3 is 0 Å². The molecule has 0 aliphatic heterocycles. The van der Waals surface area contributed by atoms with Crippen molar-refractivity contribution in [1.29, 1.82) is 0 Å². The van der Waals surface area contributed by atoms with Gasteiger partial charge in [-0.15, -0.1) is 0 Å². The lowest BCUT2D eigenvalue weighted by atomic mass is 10.0. The van der Waals surface area contributed by atoms with Crippen molar-refractivity contribution in [2.45, 2.75) is 32.7 Å². The van der Waals surface area contributed by atoms with Crippen molar-refractivity contribution in [2.75, 3.05) is 0 Å². The molecule has 1 aromatic heterocycles. The van der Waals surface area contributed by atoms with Crippen molar-refractivity contribution < 1.29 is 0 Å². The molecule has 3 nitrogen and oxygen atoms in total. The van der Waals surface area contributed by atoms with E-state index < -0.39 is 0 Å². The molecule has 2 atom stereocenters. The van der Waals surface area contributed by atoms with E-state index in [0.717, 1.165) is 12.1 Å². The van der Waals surface area contributed by atoms with Gasteiger partial charge in [-0.25, -0.2) is 0 Å². The van der Waals surface area contributed by atoms with Crippen LogP contribution in [0.5, 0.6) is 0 Å². The number of hydrogen-bond donors (Lipinski definition) is 1. The molecule has 2 unspecified atom stereocenters. The van der Waals surface area contributed by atoms with Gasteiger partial charge in [-0.1, -0.05) is 13.8 Å². The van der Waals surface area contributed by atoms with Crippen LogP contribution in [0.15, 0.2) is 6.07 Å². The lowest BCUT2D eigenvalue weighted by Crippen LogP contribution is -2.26. The SMILES string of the molecule is Cc1cc(C2(N)CC2C(C)C)n(C)n1. The Morgan fingerprint density at radius 1 is 1.64 bits per heavy atom. The summed E-state index contributed by atoms with van der Waals surface area (Å²) >= 11 is 0. The Labute approximate surface area is 85.3 Å². The van der Waals surface area contributed by atoms with E-state index in [1.54, 1.807) is 0 Å². The topological polar surface area (TPSA) is 43.8 Å². The second kappa shape index (κ2) is 2.83. The van der Waals surface area contributed by atoms with Gasteiger partial charge in [-0.2, -0.15) is 5.10 Å². The molecule has 1 aliphatic carbocycles. The number of hydrogen-bond acceptors (Lipinski definition) is 2. The van der Waals surface area contributed by atoms with Gasteiger partial charge in [0.15, 0.2) is 0 Å². The summed E-state index contributed by atoms with van der Waals surface area (Å²) in [6.45, 7) is 6.49. The Hall–Kier alpha value is -0.830. The van der Waals surface area contributed by atoms with E-state index in [1.807, 2.05) is 18.7 Å². The van der Waals surface area contributed by atoms with Gasteiger partial charge in [-0.05, 0) is 31.2 Å².